The molecule has 0 aliphatic heterocycles. The van der Waals surface area contributed by atoms with Gasteiger partial charge in [0.25, 0.3) is 0 Å². The molecule has 0 aromatic carbocycles. The van der Waals surface area contributed by atoms with Crippen LogP contribution in [0.15, 0.2) is 12.3 Å². The van der Waals surface area contributed by atoms with E-state index in [0.29, 0.717) is 10.9 Å². The minimum Gasteiger partial charge on any atom is -0.480 e. The predicted octanol–water partition coefficient (Wildman–Crippen LogP) is 1.89. The molecular formula is C12H15N3O3. The van der Waals surface area contributed by atoms with Crippen molar-refractivity contribution in [2.75, 3.05) is 7.11 Å². The molecule has 0 unspecified atom stereocenters. The second kappa shape index (κ2) is 3.97. The van der Waals surface area contributed by atoms with Gasteiger partial charge in [-0.3, -0.25) is 4.68 Å². The Balaban J connectivity index is 2.89. The number of nitrogens with zero attached hydrogens (tertiary/aromatic N) is 3. The third-order valence-electron chi connectivity index (χ3n) is 2.59. The fourth-order valence-electron chi connectivity index (χ4n) is 1.85. The zero-order valence-electron chi connectivity index (χ0n) is 10.8. The number of rotatable bonds is 2. The number of ether oxygens (including phenoxy) is 1. The summed E-state index contributed by atoms with van der Waals surface area (Å²) in [5, 5.41) is 13.8. The summed E-state index contributed by atoms with van der Waals surface area (Å²) in [4.78, 5) is 15.3. The molecule has 0 aliphatic carbocycles. The van der Waals surface area contributed by atoms with Crippen LogP contribution in [0.1, 0.15) is 31.3 Å². The molecule has 0 saturated carbocycles. The van der Waals surface area contributed by atoms with Crippen molar-refractivity contribution in [3.8, 4) is 5.88 Å². The summed E-state index contributed by atoms with van der Waals surface area (Å²) >= 11 is 0. The maximum Gasteiger partial charge on any atom is 0.357 e. The van der Waals surface area contributed by atoms with E-state index in [-0.39, 0.29) is 17.1 Å². The molecular weight excluding hydrogens is 234 g/mol. The number of pyridine rings is 1. The van der Waals surface area contributed by atoms with E-state index in [4.69, 9.17) is 4.74 Å². The van der Waals surface area contributed by atoms with Crippen molar-refractivity contribution in [1.29, 1.82) is 0 Å². The van der Waals surface area contributed by atoms with Gasteiger partial charge in [0.1, 0.15) is 0 Å². The normalized spacial score (nSPS) is 11.8. The van der Waals surface area contributed by atoms with Gasteiger partial charge in [0.2, 0.25) is 5.88 Å². The van der Waals surface area contributed by atoms with Gasteiger partial charge in [-0.15, -0.1) is 0 Å². The molecule has 6 nitrogen and oxygen atoms in total. The number of carbonyl (C=O) groups is 1. The third-order valence-corrected chi connectivity index (χ3v) is 2.59. The summed E-state index contributed by atoms with van der Waals surface area (Å²) < 4.78 is 6.79. The first kappa shape index (κ1) is 12.3. The highest BCUT2D eigenvalue weighted by molar-refractivity contribution is 6.03. The summed E-state index contributed by atoms with van der Waals surface area (Å²) in [6.07, 6.45) is 1.58. The number of aromatic nitrogens is 3. The fourth-order valence-corrected chi connectivity index (χ4v) is 1.85. The monoisotopic (exact) mass is 249 g/mol. The molecule has 2 heterocycles. The Morgan fingerprint density at radius 3 is 2.61 bits per heavy atom. The highest BCUT2D eigenvalue weighted by Gasteiger charge is 2.25. The van der Waals surface area contributed by atoms with E-state index in [2.05, 4.69) is 10.1 Å². The summed E-state index contributed by atoms with van der Waals surface area (Å²) in [7, 11) is 1.46. The molecule has 2 aromatic rings. The summed E-state index contributed by atoms with van der Waals surface area (Å²) in [6, 6.07) is 1.74. The number of aromatic carboxylic acids is 1. The largest absolute Gasteiger partial charge is 0.480 e. The smallest absolute Gasteiger partial charge is 0.357 e. The number of carboxylic acids is 1. The van der Waals surface area contributed by atoms with E-state index in [1.807, 2.05) is 20.8 Å². The lowest BCUT2D eigenvalue weighted by Gasteiger charge is -2.20. The molecule has 0 radical (unpaired) electrons. The number of methoxy groups -OCH3 is 1. The molecule has 6 heteroatoms. The first-order chi connectivity index (χ1) is 8.36. The topological polar surface area (TPSA) is 77.2 Å². The van der Waals surface area contributed by atoms with Crippen LogP contribution in [0.3, 0.4) is 0 Å². The van der Waals surface area contributed by atoms with Gasteiger partial charge in [-0.25, -0.2) is 9.78 Å². The Bertz CT molecular complexity index is 611. The van der Waals surface area contributed by atoms with E-state index >= 15 is 0 Å². The lowest BCUT2D eigenvalue weighted by atomic mass is 10.1. The van der Waals surface area contributed by atoms with Gasteiger partial charge < -0.3 is 9.84 Å². The van der Waals surface area contributed by atoms with E-state index in [9.17, 15) is 9.90 Å². The zero-order valence-corrected chi connectivity index (χ0v) is 10.8. The molecule has 0 saturated heterocycles. The van der Waals surface area contributed by atoms with Crippen molar-refractivity contribution in [1.82, 2.24) is 14.8 Å². The molecule has 0 amide bonds. The maximum absolute atomic E-state index is 11.3. The summed E-state index contributed by atoms with van der Waals surface area (Å²) in [5.74, 6) is -0.810. The molecule has 18 heavy (non-hydrogen) atoms. The van der Waals surface area contributed by atoms with Crippen LogP contribution in [0.4, 0.5) is 0 Å². The van der Waals surface area contributed by atoms with Crippen molar-refractivity contribution in [3.63, 3.8) is 0 Å². The lowest BCUT2D eigenvalue weighted by Crippen LogP contribution is -2.23. The standard InChI is InChI=1S/C12H15N3O3/c1-12(2,3)15-7-5-6-13-10(18-4)8(7)9(14-15)11(16)17/h5-6H,1-4H3,(H,16,17). The van der Waals surface area contributed by atoms with Gasteiger partial charge >= 0.3 is 5.97 Å². The van der Waals surface area contributed by atoms with Crippen LogP contribution in [0, 0.1) is 0 Å². The number of hydrogen-bond acceptors (Lipinski definition) is 4. The quantitative estimate of drug-likeness (QED) is 0.879. The van der Waals surface area contributed by atoms with Gasteiger partial charge in [-0.2, -0.15) is 5.10 Å². The Morgan fingerprint density at radius 2 is 2.11 bits per heavy atom. The number of fused-ring (bicyclic) bond motifs is 1. The molecule has 0 fully saturated rings. The van der Waals surface area contributed by atoms with Crippen LogP contribution in [-0.4, -0.2) is 33.0 Å². The molecule has 0 aliphatic rings. The Kier molecular flexibility index (Phi) is 2.73. The van der Waals surface area contributed by atoms with Gasteiger partial charge in [0.15, 0.2) is 5.69 Å². The summed E-state index contributed by atoms with van der Waals surface area (Å²) in [6.45, 7) is 5.87. The first-order valence-electron chi connectivity index (χ1n) is 5.51. The van der Waals surface area contributed by atoms with Gasteiger partial charge in [0, 0.05) is 6.20 Å². The van der Waals surface area contributed by atoms with Crippen molar-refractivity contribution in [2.24, 2.45) is 0 Å². The highest BCUT2D eigenvalue weighted by Crippen LogP contribution is 2.30. The minimum atomic E-state index is -1.09. The summed E-state index contributed by atoms with van der Waals surface area (Å²) in [5.41, 5.74) is 0.342. The molecule has 0 atom stereocenters. The second-order valence-electron chi connectivity index (χ2n) is 4.95. The lowest BCUT2D eigenvalue weighted by molar-refractivity contribution is 0.0690. The van der Waals surface area contributed by atoms with Crippen molar-refractivity contribution < 1.29 is 14.6 Å². The van der Waals surface area contributed by atoms with Crippen LogP contribution >= 0.6 is 0 Å². The molecule has 2 aromatic heterocycles. The molecule has 1 N–H and O–H groups in total. The van der Waals surface area contributed by atoms with E-state index < -0.39 is 5.97 Å². The zero-order chi connectivity index (χ0) is 13.5. The van der Waals surface area contributed by atoms with Crippen LogP contribution in [0.25, 0.3) is 10.9 Å². The first-order valence-corrected chi connectivity index (χ1v) is 5.51. The van der Waals surface area contributed by atoms with Crippen molar-refractivity contribution in [3.05, 3.63) is 18.0 Å². The second-order valence-corrected chi connectivity index (χ2v) is 4.95. The predicted molar refractivity (Wildman–Crippen MR) is 66.0 cm³/mol. The third kappa shape index (κ3) is 1.79. The average Bonchev–Trinajstić information content (AvgIpc) is 2.67. The Morgan fingerprint density at radius 1 is 1.44 bits per heavy atom. The number of carboxylic acid groups (broad SMARTS) is 1. The maximum atomic E-state index is 11.3. The molecule has 96 valence electrons. The Hall–Kier alpha value is -2.11. The molecule has 0 bridgehead atoms. The highest BCUT2D eigenvalue weighted by atomic mass is 16.5. The van der Waals surface area contributed by atoms with Crippen molar-refractivity contribution >= 4 is 16.9 Å². The van der Waals surface area contributed by atoms with Crippen LogP contribution in [-0.2, 0) is 5.54 Å². The fraction of sp³-hybridized carbons (Fsp3) is 0.417. The van der Waals surface area contributed by atoms with Crippen molar-refractivity contribution in [2.45, 2.75) is 26.3 Å². The minimum absolute atomic E-state index is 0.0372. The van der Waals surface area contributed by atoms with Gasteiger partial charge in [0.05, 0.1) is 23.6 Å². The molecule has 0 spiro atoms. The van der Waals surface area contributed by atoms with E-state index in [1.54, 1.807) is 16.9 Å². The average molecular weight is 249 g/mol. The van der Waals surface area contributed by atoms with Crippen LogP contribution < -0.4 is 4.74 Å². The van der Waals surface area contributed by atoms with E-state index in [0.717, 1.165) is 0 Å². The van der Waals surface area contributed by atoms with Gasteiger partial charge in [-0.05, 0) is 26.8 Å². The SMILES string of the molecule is COc1nccc2c1c(C(=O)O)nn2C(C)(C)C. The van der Waals surface area contributed by atoms with Gasteiger partial charge in [-0.1, -0.05) is 0 Å². The van der Waals surface area contributed by atoms with E-state index in [1.165, 1.54) is 7.11 Å². The van der Waals surface area contributed by atoms with Crippen LogP contribution in [0.2, 0.25) is 0 Å². The van der Waals surface area contributed by atoms with Crippen LogP contribution in [0.5, 0.6) is 5.88 Å². The molecule has 2 rings (SSSR count). The Labute approximate surface area is 104 Å². The number of hydrogen-bond donors (Lipinski definition) is 1.